The van der Waals surface area contributed by atoms with E-state index < -0.39 is 5.60 Å². The van der Waals surface area contributed by atoms with Gasteiger partial charge in [0.1, 0.15) is 5.60 Å². The maximum absolute atomic E-state index is 12.1. The van der Waals surface area contributed by atoms with Crippen LogP contribution in [0.3, 0.4) is 0 Å². The first-order chi connectivity index (χ1) is 10.2. The van der Waals surface area contributed by atoms with Gasteiger partial charge in [0.25, 0.3) is 0 Å². The highest BCUT2D eigenvalue weighted by Crippen LogP contribution is 2.17. The van der Waals surface area contributed by atoms with Crippen molar-refractivity contribution in [3.8, 4) is 0 Å². The van der Waals surface area contributed by atoms with Gasteiger partial charge in [-0.1, -0.05) is 13.8 Å². The monoisotopic (exact) mass is 327 g/mol. The van der Waals surface area contributed by atoms with Crippen molar-refractivity contribution < 1.29 is 9.53 Å². The molecule has 0 fully saturated rings. The van der Waals surface area contributed by atoms with Gasteiger partial charge < -0.3 is 15.4 Å². The quantitative estimate of drug-likeness (QED) is 0.803. The summed E-state index contributed by atoms with van der Waals surface area (Å²) < 4.78 is 5.38. The third-order valence-electron chi connectivity index (χ3n) is 3.71. The standard InChI is InChI=1S/C16H29N3O2S/c1-7-16(8-2,19-14(20)21-15(4,5)6)10-17-9-13-12(3)18-11-22-13/h11,17H,7-10H2,1-6H3,(H,19,20). The summed E-state index contributed by atoms with van der Waals surface area (Å²) in [7, 11) is 0. The van der Waals surface area contributed by atoms with Crippen LogP contribution in [0.5, 0.6) is 0 Å². The molecule has 0 aromatic carbocycles. The molecule has 1 amide bonds. The van der Waals surface area contributed by atoms with E-state index in [4.69, 9.17) is 4.74 Å². The molecule has 5 nitrogen and oxygen atoms in total. The number of aryl methyl sites for hydroxylation is 1. The van der Waals surface area contributed by atoms with Crippen LogP contribution in [0.2, 0.25) is 0 Å². The number of rotatable bonds is 7. The zero-order valence-corrected chi connectivity index (χ0v) is 15.4. The van der Waals surface area contributed by atoms with Crippen LogP contribution < -0.4 is 10.6 Å². The summed E-state index contributed by atoms with van der Waals surface area (Å²) in [6.07, 6.45) is 1.33. The summed E-state index contributed by atoms with van der Waals surface area (Å²) in [5, 5.41) is 6.48. The van der Waals surface area contributed by atoms with E-state index in [-0.39, 0.29) is 11.6 Å². The number of nitrogens with zero attached hydrogens (tertiary/aromatic N) is 1. The Balaban J connectivity index is 2.58. The fourth-order valence-electron chi connectivity index (χ4n) is 2.15. The average molecular weight is 327 g/mol. The second-order valence-electron chi connectivity index (χ2n) is 6.58. The third kappa shape index (κ3) is 5.93. The van der Waals surface area contributed by atoms with Crippen molar-refractivity contribution in [2.24, 2.45) is 0 Å². The van der Waals surface area contributed by atoms with Crippen molar-refractivity contribution in [3.63, 3.8) is 0 Å². The average Bonchev–Trinajstić information content (AvgIpc) is 2.81. The van der Waals surface area contributed by atoms with Crippen LogP contribution in [0.25, 0.3) is 0 Å². The molecule has 1 rings (SSSR count). The molecule has 1 aromatic heterocycles. The number of carbonyl (C=O) groups excluding carboxylic acids is 1. The largest absolute Gasteiger partial charge is 0.444 e. The van der Waals surface area contributed by atoms with Crippen molar-refractivity contribution in [2.75, 3.05) is 6.54 Å². The Hall–Kier alpha value is -1.14. The minimum Gasteiger partial charge on any atom is -0.444 e. The minimum absolute atomic E-state index is 0.291. The van der Waals surface area contributed by atoms with Crippen LogP contribution >= 0.6 is 11.3 Å². The molecule has 0 saturated carbocycles. The molecule has 0 bridgehead atoms. The van der Waals surface area contributed by atoms with E-state index in [0.29, 0.717) is 6.54 Å². The van der Waals surface area contributed by atoms with Gasteiger partial charge in [-0.15, -0.1) is 11.3 Å². The van der Waals surface area contributed by atoms with Crippen molar-refractivity contribution in [2.45, 2.75) is 72.1 Å². The first kappa shape index (κ1) is 18.9. The third-order valence-corrected chi connectivity index (χ3v) is 4.65. The summed E-state index contributed by atoms with van der Waals surface area (Å²) in [5.41, 5.74) is 2.15. The Morgan fingerprint density at radius 2 is 1.95 bits per heavy atom. The lowest BCUT2D eigenvalue weighted by molar-refractivity contribution is 0.0446. The molecular formula is C16H29N3O2S. The SMILES string of the molecule is CCC(CC)(CNCc1scnc1C)NC(=O)OC(C)(C)C. The molecule has 0 aliphatic rings. The number of nitrogens with one attached hydrogen (secondary N) is 2. The van der Waals surface area contributed by atoms with Gasteiger partial charge >= 0.3 is 6.09 Å². The maximum Gasteiger partial charge on any atom is 0.408 e. The van der Waals surface area contributed by atoms with Gasteiger partial charge in [0, 0.05) is 18.0 Å². The summed E-state index contributed by atoms with van der Waals surface area (Å²) in [5.74, 6) is 0. The summed E-state index contributed by atoms with van der Waals surface area (Å²) in [6, 6.07) is 0. The molecule has 2 N–H and O–H groups in total. The number of hydrogen-bond acceptors (Lipinski definition) is 5. The molecule has 0 spiro atoms. The second-order valence-corrected chi connectivity index (χ2v) is 7.52. The van der Waals surface area contributed by atoms with Gasteiger partial charge in [-0.25, -0.2) is 9.78 Å². The van der Waals surface area contributed by atoms with Crippen molar-refractivity contribution in [3.05, 3.63) is 16.1 Å². The van der Waals surface area contributed by atoms with E-state index in [1.54, 1.807) is 11.3 Å². The summed E-state index contributed by atoms with van der Waals surface area (Å²) in [6.45, 7) is 13.3. The molecule has 1 heterocycles. The number of hydrogen-bond donors (Lipinski definition) is 2. The minimum atomic E-state index is -0.482. The molecule has 126 valence electrons. The van der Waals surface area contributed by atoms with E-state index in [9.17, 15) is 4.79 Å². The topological polar surface area (TPSA) is 63.2 Å². The Bertz CT molecular complexity index is 476. The van der Waals surface area contributed by atoms with Crippen molar-refractivity contribution >= 4 is 17.4 Å². The highest BCUT2D eigenvalue weighted by Gasteiger charge is 2.30. The number of amides is 1. The van der Waals surface area contributed by atoms with E-state index in [2.05, 4.69) is 29.5 Å². The second kappa shape index (κ2) is 7.92. The Kier molecular flexibility index (Phi) is 6.81. The van der Waals surface area contributed by atoms with E-state index in [1.807, 2.05) is 33.2 Å². The predicted octanol–water partition coefficient (Wildman–Crippen LogP) is 3.62. The molecule has 0 atom stereocenters. The van der Waals surface area contributed by atoms with Gasteiger partial charge in [-0.05, 0) is 40.5 Å². The van der Waals surface area contributed by atoms with Crippen LogP contribution in [-0.4, -0.2) is 28.8 Å². The van der Waals surface area contributed by atoms with E-state index >= 15 is 0 Å². The number of ether oxygens (including phenoxy) is 1. The molecule has 6 heteroatoms. The predicted molar refractivity (Wildman–Crippen MR) is 91.2 cm³/mol. The number of thiazole rings is 1. The first-order valence-electron chi connectivity index (χ1n) is 7.82. The molecule has 0 aliphatic carbocycles. The normalized spacial score (nSPS) is 12.3. The van der Waals surface area contributed by atoms with Crippen LogP contribution in [0.1, 0.15) is 58.0 Å². The lowest BCUT2D eigenvalue weighted by Crippen LogP contribution is -2.55. The number of carbonyl (C=O) groups is 1. The molecule has 0 unspecified atom stereocenters. The molecule has 0 radical (unpaired) electrons. The first-order valence-corrected chi connectivity index (χ1v) is 8.70. The fourth-order valence-corrected chi connectivity index (χ4v) is 2.90. The molecule has 1 aromatic rings. The van der Waals surface area contributed by atoms with Gasteiger partial charge in [0.05, 0.1) is 16.7 Å². The highest BCUT2D eigenvalue weighted by atomic mass is 32.1. The summed E-state index contributed by atoms with van der Waals surface area (Å²) >= 11 is 1.65. The smallest absolute Gasteiger partial charge is 0.408 e. The van der Waals surface area contributed by atoms with Crippen LogP contribution in [-0.2, 0) is 11.3 Å². The fraction of sp³-hybridized carbons (Fsp3) is 0.750. The van der Waals surface area contributed by atoms with E-state index in [1.165, 1.54) is 4.88 Å². The van der Waals surface area contributed by atoms with Crippen LogP contribution in [0.15, 0.2) is 5.51 Å². The van der Waals surface area contributed by atoms with Gasteiger partial charge in [-0.3, -0.25) is 0 Å². The lowest BCUT2D eigenvalue weighted by atomic mass is 9.93. The molecule has 0 aliphatic heterocycles. The number of alkyl carbamates (subject to hydrolysis) is 1. The van der Waals surface area contributed by atoms with Gasteiger partial charge in [0.15, 0.2) is 0 Å². The zero-order chi connectivity index (χ0) is 16.8. The van der Waals surface area contributed by atoms with E-state index in [0.717, 1.165) is 25.1 Å². The Labute approximate surface area is 137 Å². The van der Waals surface area contributed by atoms with Gasteiger partial charge in [-0.2, -0.15) is 0 Å². The Morgan fingerprint density at radius 3 is 2.41 bits per heavy atom. The molecule has 22 heavy (non-hydrogen) atoms. The maximum atomic E-state index is 12.1. The Morgan fingerprint density at radius 1 is 1.32 bits per heavy atom. The van der Waals surface area contributed by atoms with Crippen LogP contribution in [0, 0.1) is 6.92 Å². The molecular weight excluding hydrogens is 298 g/mol. The van der Waals surface area contributed by atoms with Crippen LogP contribution in [0.4, 0.5) is 4.79 Å². The lowest BCUT2D eigenvalue weighted by Gasteiger charge is -2.34. The zero-order valence-electron chi connectivity index (χ0n) is 14.6. The summed E-state index contributed by atoms with van der Waals surface area (Å²) in [4.78, 5) is 17.6. The van der Waals surface area contributed by atoms with Crippen molar-refractivity contribution in [1.29, 1.82) is 0 Å². The highest BCUT2D eigenvalue weighted by molar-refractivity contribution is 7.09. The van der Waals surface area contributed by atoms with Crippen molar-refractivity contribution in [1.82, 2.24) is 15.6 Å². The number of aromatic nitrogens is 1. The molecule has 0 saturated heterocycles. The van der Waals surface area contributed by atoms with Gasteiger partial charge in [0.2, 0.25) is 0 Å².